The summed E-state index contributed by atoms with van der Waals surface area (Å²) in [5.41, 5.74) is 2.30. The number of aromatic nitrogens is 1. The van der Waals surface area contributed by atoms with Crippen molar-refractivity contribution in [3.05, 3.63) is 47.3 Å². The molecule has 25 heavy (non-hydrogen) atoms. The number of carbonyl (C=O) groups is 1. The summed E-state index contributed by atoms with van der Waals surface area (Å²) in [5.74, 6) is 0.467. The van der Waals surface area contributed by atoms with Crippen molar-refractivity contribution >= 4 is 15.9 Å². The number of sulfonamides is 1. The first-order chi connectivity index (χ1) is 11.9. The summed E-state index contributed by atoms with van der Waals surface area (Å²) in [7, 11) is 1.10. The van der Waals surface area contributed by atoms with E-state index in [2.05, 4.69) is 5.32 Å². The molecule has 0 atom stereocenters. The Bertz CT molecular complexity index is 918. The zero-order valence-electron chi connectivity index (χ0n) is 14.4. The molecule has 0 unspecified atom stereocenters. The van der Waals surface area contributed by atoms with Crippen molar-refractivity contribution in [1.29, 1.82) is 0 Å². The largest absolute Gasteiger partial charge is 0.496 e. The second-order valence-electron chi connectivity index (χ2n) is 5.94. The van der Waals surface area contributed by atoms with Gasteiger partial charge in [0.25, 0.3) is 5.91 Å². The fraction of sp³-hybridized carbons (Fsp3) is 0.353. The molecule has 0 saturated heterocycles. The Balaban J connectivity index is 1.93. The first kappa shape index (κ1) is 17.5. The van der Waals surface area contributed by atoms with Gasteiger partial charge in [0.05, 0.1) is 7.11 Å². The minimum Gasteiger partial charge on any atom is -0.496 e. The van der Waals surface area contributed by atoms with Crippen LogP contribution in [-0.4, -0.2) is 43.9 Å². The van der Waals surface area contributed by atoms with E-state index >= 15 is 0 Å². The quantitative estimate of drug-likeness (QED) is 0.883. The Kier molecular flexibility index (Phi) is 4.57. The Morgan fingerprint density at radius 1 is 1.32 bits per heavy atom. The first-order valence-corrected chi connectivity index (χ1v) is 9.36. The molecule has 0 fully saturated rings. The van der Waals surface area contributed by atoms with Crippen LogP contribution >= 0.6 is 0 Å². The molecule has 1 N–H and O–H groups in total. The second-order valence-corrected chi connectivity index (χ2v) is 7.88. The maximum atomic E-state index is 13.0. The van der Waals surface area contributed by atoms with Crippen LogP contribution in [0, 0.1) is 0 Å². The lowest BCUT2D eigenvalue weighted by Gasteiger charge is -2.28. The fourth-order valence-electron chi connectivity index (χ4n) is 3.12. The van der Waals surface area contributed by atoms with Crippen LogP contribution in [0.3, 0.4) is 0 Å². The van der Waals surface area contributed by atoms with Crippen LogP contribution in [0.5, 0.6) is 5.75 Å². The number of amides is 1. The lowest BCUT2D eigenvalue weighted by Crippen LogP contribution is -2.36. The molecule has 0 saturated carbocycles. The maximum absolute atomic E-state index is 13.0. The number of methoxy groups -OCH3 is 1. The predicted molar refractivity (Wildman–Crippen MR) is 93.1 cm³/mol. The second kappa shape index (κ2) is 6.53. The van der Waals surface area contributed by atoms with Crippen LogP contribution in [0.2, 0.25) is 0 Å². The monoisotopic (exact) mass is 363 g/mol. The van der Waals surface area contributed by atoms with Gasteiger partial charge < -0.3 is 14.6 Å². The average molecular weight is 363 g/mol. The molecular formula is C17H21N3O4S. The summed E-state index contributed by atoms with van der Waals surface area (Å²) in [6, 6.07) is 7.07. The highest BCUT2D eigenvalue weighted by atomic mass is 32.2. The summed E-state index contributed by atoms with van der Waals surface area (Å²) >= 11 is 0. The van der Waals surface area contributed by atoms with E-state index in [4.69, 9.17) is 4.74 Å². The van der Waals surface area contributed by atoms with Crippen molar-refractivity contribution < 1.29 is 17.9 Å². The Hall–Kier alpha value is -2.32. The van der Waals surface area contributed by atoms with Crippen molar-refractivity contribution in [2.24, 2.45) is 7.05 Å². The van der Waals surface area contributed by atoms with Crippen LogP contribution in [0.1, 0.15) is 21.6 Å². The lowest BCUT2D eigenvalue weighted by atomic mass is 10.0. The van der Waals surface area contributed by atoms with Crippen LogP contribution in [0.15, 0.2) is 35.4 Å². The first-order valence-electron chi connectivity index (χ1n) is 7.92. The van der Waals surface area contributed by atoms with E-state index in [9.17, 15) is 13.2 Å². The Morgan fingerprint density at radius 3 is 2.76 bits per heavy atom. The SMILES string of the molecule is CNC(=O)c1cc(S(=O)(=O)N2CCc3c(cccc3OC)C2)cn1C. The molecule has 2 heterocycles. The van der Waals surface area contributed by atoms with Crippen LogP contribution in [0.4, 0.5) is 0 Å². The van der Waals surface area contributed by atoms with Crippen molar-refractivity contribution in [3.8, 4) is 5.75 Å². The number of carbonyl (C=O) groups excluding carboxylic acids is 1. The van der Waals surface area contributed by atoms with Gasteiger partial charge in [0.1, 0.15) is 16.3 Å². The Morgan fingerprint density at radius 2 is 2.08 bits per heavy atom. The predicted octanol–water partition coefficient (Wildman–Crippen LogP) is 1.14. The van der Waals surface area contributed by atoms with Crippen LogP contribution in [0.25, 0.3) is 0 Å². The summed E-state index contributed by atoms with van der Waals surface area (Å²) in [5, 5.41) is 2.51. The molecule has 134 valence electrons. The van der Waals surface area contributed by atoms with Crippen LogP contribution < -0.4 is 10.1 Å². The highest BCUT2D eigenvalue weighted by molar-refractivity contribution is 7.89. The molecule has 0 spiro atoms. The molecule has 7 nitrogen and oxygen atoms in total. The van der Waals surface area contributed by atoms with E-state index in [1.165, 1.54) is 28.2 Å². The van der Waals surface area contributed by atoms with Crippen molar-refractivity contribution in [2.45, 2.75) is 17.9 Å². The number of fused-ring (bicyclic) bond motifs is 1. The molecular weight excluding hydrogens is 342 g/mol. The molecule has 3 rings (SSSR count). The van der Waals surface area contributed by atoms with E-state index in [1.807, 2.05) is 18.2 Å². The van der Waals surface area contributed by atoms with Gasteiger partial charge in [0, 0.05) is 33.4 Å². The van der Waals surface area contributed by atoms with E-state index in [1.54, 1.807) is 14.2 Å². The molecule has 8 heteroatoms. The third-order valence-electron chi connectivity index (χ3n) is 4.49. The summed E-state index contributed by atoms with van der Waals surface area (Å²) in [6.07, 6.45) is 2.06. The standard InChI is InChI=1S/C17H21N3O4S/c1-18-17(21)15-9-13(11-19(15)2)25(22,23)20-8-7-14-12(10-20)5-4-6-16(14)24-3/h4-6,9,11H,7-8,10H2,1-3H3,(H,18,21). The van der Waals surface area contributed by atoms with Crippen LogP contribution in [-0.2, 0) is 30.0 Å². The van der Waals surface area contributed by atoms with E-state index < -0.39 is 10.0 Å². The molecule has 1 aromatic heterocycles. The number of aryl methyl sites for hydroxylation is 1. The van der Waals surface area contributed by atoms with Crippen molar-refractivity contribution in [3.63, 3.8) is 0 Å². The smallest absolute Gasteiger partial charge is 0.267 e. The number of nitrogens with one attached hydrogen (secondary N) is 1. The molecule has 0 aliphatic carbocycles. The highest BCUT2D eigenvalue weighted by Gasteiger charge is 2.31. The minimum atomic E-state index is -3.68. The number of hydrogen-bond donors (Lipinski definition) is 1. The summed E-state index contributed by atoms with van der Waals surface area (Å²) in [4.78, 5) is 12.0. The van der Waals surface area contributed by atoms with Crippen molar-refractivity contribution in [1.82, 2.24) is 14.2 Å². The van der Waals surface area contributed by atoms with E-state index in [-0.39, 0.29) is 10.8 Å². The molecule has 0 radical (unpaired) electrons. The number of rotatable bonds is 4. The van der Waals surface area contributed by atoms with Gasteiger partial charge in [0.15, 0.2) is 0 Å². The highest BCUT2D eigenvalue weighted by Crippen LogP contribution is 2.30. The van der Waals surface area contributed by atoms with E-state index in [0.29, 0.717) is 25.2 Å². The molecule has 1 aliphatic rings. The van der Waals surface area contributed by atoms with Gasteiger partial charge in [-0.15, -0.1) is 0 Å². The molecule has 2 aromatic rings. The van der Waals surface area contributed by atoms with Crippen molar-refractivity contribution in [2.75, 3.05) is 20.7 Å². The summed E-state index contributed by atoms with van der Waals surface area (Å²) < 4.78 is 34.3. The Labute approximate surface area is 147 Å². The third-order valence-corrected chi connectivity index (χ3v) is 6.30. The maximum Gasteiger partial charge on any atom is 0.267 e. The number of ether oxygens (including phenoxy) is 1. The van der Waals surface area contributed by atoms with Gasteiger partial charge in [0.2, 0.25) is 10.0 Å². The molecule has 1 aromatic carbocycles. The zero-order chi connectivity index (χ0) is 18.2. The lowest BCUT2D eigenvalue weighted by molar-refractivity contribution is 0.0955. The molecule has 1 amide bonds. The van der Waals surface area contributed by atoms with Gasteiger partial charge >= 0.3 is 0 Å². The number of nitrogens with zero attached hydrogens (tertiary/aromatic N) is 2. The zero-order valence-corrected chi connectivity index (χ0v) is 15.3. The summed E-state index contributed by atoms with van der Waals surface area (Å²) in [6.45, 7) is 0.666. The molecule has 1 aliphatic heterocycles. The topological polar surface area (TPSA) is 80.6 Å². The van der Waals surface area contributed by atoms with Gasteiger partial charge in [-0.05, 0) is 29.7 Å². The normalized spacial score (nSPS) is 14.8. The third kappa shape index (κ3) is 3.03. The fourth-order valence-corrected chi connectivity index (χ4v) is 4.61. The van der Waals surface area contributed by atoms with Gasteiger partial charge in [-0.1, -0.05) is 12.1 Å². The molecule has 0 bridgehead atoms. The van der Waals surface area contributed by atoms with Gasteiger partial charge in [-0.3, -0.25) is 4.79 Å². The minimum absolute atomic E-state index is 0.125. The number of benzene rings is 1. The van der Waals surface area contributed by atoms with Gasteiger partial charge in [-0.2, -0.15) is 4.31 Å². The number of hydrogen-bond acceptors (Lipinski definition) is 4. The average Bonchev–Trinajstić information content (AvgIpc) is 3.02. The van der Waals surface area contributed by atoms with Gasteiger partial charge in [-0.25, -0.2) is 8.42 Å². The van der Waals surface area contributed by atoms with E-state index in [0.717, 1.165) is 16.9 Å².